The third-order valence-electron chi connectivity index (χ3n) is 3.54. The van der Waals surface area contributed by atoms with Crippen molar-refractivity contribution in [1.82, 2.24) is 15.3 Å². The van der Waals surface area contributed by atoms with Gasteiger partial charge in [0.25, 0.3) is 5.91 Å². The highest BCUT2D eigenvalue weighted by Crippen LogP contribution is 2.23. The van der Waals surface area contributed by atoms with E-state index in [1.807, 2.05) is 35.7 Å². The molecule has 0 radical (unpaired) electrons. The Morgan fingerprint density at radius 1 is 1.17 bits per heavy atom. The first-order valence-corrected chi connectivity index (χ1v) is 8.30. The van der Waals surface area contributed by atoms with Crippen molar-refractivity contribution >= 4 is 28.3 Å². The fraction of sp³-hybridized carbons (Fsp3) is 0.0556. The van der Waals surface area contributed by atoms with Gasteiger partial charge in [0.2, 0.25) is 5.89 Å². The Morgan fingerprint density at radius 3 is 2.92 bits per heavy atom. The highest BCUT2D eigenvalue weighted by atomic mass is 32.1. The number of pyridine rings is 1. The summed E-state index contributed by atoms with van der Waals surface area (Å²) in [6.07, 6.45) is 1.69. The number of carbonyl (C=O) groups excluding carboxylic acids is 1. The number of aromatic nitrogens is 2. The smallest absolute Gasteiger partial charge is 0.251 e. The molecule has 6 heteroatoms. The SMILES string of the molecule is O=C(NCc1cccs1)c1ccc2nc(-c3ccccn3)oc2c1. The van der Waals surface area contributed by atoms with Crippen LogP contribution < -0.4 is 5.32 Å². The Hall–Kier alpha value is -2.99. The van der Waals surface area contributed by atoms with Crippen LogP contribution >= 0.6 is 11.3 Å². The molecule has 0 atom stereocenters. The summed E-state index contributed by atoms with van der Waals surface area (Å²) in [5.41, 5.74) is 2.48. The number of nitrogens with one attached hydrogen (secondary N) is 1. The van der Waals surface area contributed by atoms with Gasteiger partial charge >= 0.3 is 0 Å². The first-order chi connectivity index (χ1) is 11.8. The van der Waals surface area contributed by atoms with Gasteiger partial charge in [-0.2, -0.15) is 0 Å². The molecule has 0 saturated carbocycles. The second kappa shape index (κ2) is 6.25. The van der Waals surface area contributed by atoms with Crippen molar-refractivity contribution in [3.63, 3.8) is 0 Å². The Kier molecular flexibility index (Phi) is 3.80. The van der Waals surface area contributed by atoms with Crippen LogP contribution in [0.3, 0.4) is 0 Å². The Labute approximate surface area is 142 Å². The molecule has 4 rings (SSSR count). The molecule has 3 aromatic heterocycles. The number of thiophene rings is 1. The van der Waals surface area contributed by atoms with E-state index in [1.54, 1.807) is 35.7 Å². The molecule has 0 aliphatic carbocycles. The third-order valence-corrected chi connectivity index (χ3v) is 4.41. The van der Waals surface area contributed by atoms with E-state index in [9.17, 15) is 4.79 Å². The monoisotopic (exact) mass is 335 g/mol. The second-order valence-corrected chi connectivity index (χ2v) is 6.21. The highest BCUT2D eigenvalue weighted by Gasteiger charge is 2.12. The molecule has 0 spiro atoms. The molecule has 24 heavy (non-hydrogen) atoms. The van der Waals surface area contributed by atoms with Gasteiger partial charge in [0, 0.05) is 16.6 Å². The molecule has 0 saturated heterocycles. The quantitative estimate of drug-likeness (QED) is 0.614. The van der Waals surface area contributed by atoms with E-state index in [2.05, 4.69) is 15.3 Å². The van der Waals surface area contributed by atoms with E-state index in [0.717, 1.165) is 4.88 Å². The van der Waals surface area contributed by atoms with Gasteiger partial charge in [-0.05, 0) is 41.8 Å². The van der Waals surface area contributed by atoms with Gasteiger partial charge in [-0.3, -0.25) is 9.78 Å². The zero-order valence-corrected chi connectivity index (χ0v) is 13.4. The summed E-state index contributed by atoms with van der Waals surface area (Å²) in [6.45, 7) is 0.518. The van der Waals surface area contributed by atoms with Gasteiger partial charge < -0.3 is 9.73 Å². The standard InChI is InChI=1S/C18H13N3O2S/c22-17(20-11-13-4-3-9-24-13)12-6-7-14-16(10-12)23-18(21-14)15-5-1-2-8-19-15/h1-10H,11H2,(H,20,22). The Morgan fingerprint density at radius 2 is 2.12 bits per heavy atom. The molecule has 0 bridgehead atoms. The summed E-state index contributed by atoms with van der Waals surface area (Å²) in [7, 11) is 0. The van der Waals surface area contributed by atoms with Crippen LogP contribution in [-0.4, -0.2) is 15.9 Å². The lowest BCUT2D eigenvalue weighted by Gasteiger charge is -2.03. The van der Waals surface area contributed by atoms with Crippen LogP contribution in [0.5, 0.6) is 0 Å². The third kappa shape index (κ3) is 2.91. The van der Waals surface area contributed by atoms with Crippen LogP contribution in [-0.2, 0) is 6.54 Å². The molecule has 1 aromatic carbocycles. The number of benzene rings is 1. The zero-order valence-electron chi connectivity index (χ0n) is 12.6. The maximum atomic E-state index is 12.3. The van der Waals surface area contributed by atoms with E-state index in [-0.39, 0.29) is 5.91 Å². The van der Waals surface area contributed by atoms with E-state index >= 15 is 0 Å². The Balaban J connectivity index is 1.57. The summed E-state index contributed by atoms with van der Waals surface area (Å²) in [4.78, 5) is 22.0. The summed E-state index contributed by atoms with van der Waals surface area (Å²) >= 11 is 1.61. The topological polar surface area (TPSA) is 68.0 Å². The number of rotatable bonds is 4. The van der Waals surface area contributed by atoms with E-state index in [1.165, 1.54) is 0 Å². The molecule has 1 N–H and O–H groups in total. The normalized spacial score (nSPS) is 10.8. The van der Waals surface area contributed by atoms with Gasteiger partial charge in [-0.15, -0.1) is 11.3 Å². The molecule has 5 nitrogen and oxygen atoms in total. The number of nitrogens with zero attached hydrogens (tertiary/aromatic N) is 2. The molecular weight excluding hydrogens is 322 g/mol. The fourth-order valence-corrected chi connectivity index (χ4v) is 2.99. The lowest BCUT2D eigenvalue weighted by molar-refractivity contribution is 0.0951. The van der Waals surface area contributed by atoms with Crippen molar-refractivity contribution in [3.8, 4) is 11.6 Å². The first-order valence-electron chi connectivity index (χ1n) is 7.42. The van der Waals surface area contributed by atoms with Gasteiger partial charge in [0.05, 0.1) is 6.54 Å². The minimum absolute atomic E-state index is 0.138. The molecule has 118 valence electrons. The average molecular weight is 335 g/mol. The van der Waals surface area contributed by atoms with Crippen molar-refractivity contribution in [2.75, 3.05) is 0 Å². The maximum absolute atomic E-state index is 12.3. The van der Waals surface area contributed by atoms with Gasteiger partial charge in [-0.25, -0.2) is 4.98 Å². The number of carbonyl (C=O) groups is 1. The van der Waals surface area contributed by atoms with Crippen LogP contribution in [0.1, 0.15) is 15.2 Å². The lowest BCUT2D eigenvalue weighted by Crippen LogP contribution is -2.22. The van der Waals surface area contributed by atoms with Gasteiger partial charge in [0.1, 0.15) is 11.2 Å². The molecule has 0 unspecified atom stereocenters. The van der Waals surface area contributed by atoms with Crippen LogP contribution in [0.4, 0.5) is 0 Å². The fourth-order valence-electron chi connectivity index (χ4n) is 2.35. The predicted octanol–water partition coefficient (Wildman–Crippen LogP) is 3.88. The van der Waals surface area contributed by atoms with E-state index in [4.69, 9.17) is 4.42 Å². The molecule has 3 heterocycles. The number of hydrogen-bond donors (Lipinski definition) is 1. The highest BCUT2D eigenvalue weighted by molar-refractivity contribution is 7.09. The summed E-state index contributed by atoms with van der Waals surface area (Å²) in [6, 6.07) is 14.7. The van der Waals surface area contributed by atoms with Crippen molar-refractivity contribution in [2.45, 2.75) is 6.54 Å². The molecule has 4 aromatic rings. The summed E-state index contributed by atoms with van der Waals surface area (Å²) in [5.74, 6) is 0.308. The molecule has 1 amide bonds. The number of amides is 1. The first kappa shape index (κ1) is 14.6. The summed E-state index contributed by atoms with van der Waals surface area (Å²) in [5, 5.41) is 4.89. The van der Waals surface area contributed by atoms with Crippen molar-refractivity contribution in [3.05, 3.63) is 70.5 Å². The molecule has 0 aliphatic heterocycles. The van der Waals surface area contributed by atoms with Gasteiger partial charge in [-0.1, -0.05) is 12.1 Å². The van der Waals surface area contributed by atoms with E-state index in [0.29, 0.717) is 34.8 Å². The molecular formula is C18H13N3O2S. The summed E-state index contributed by atoms with van der Waals surface area (Å²) < 4.78 is 5.74. The number of oxazole rings is 1. The van der Waals surface area contributed by atoms with Crippen LogP contribution in [0, 0.1) is 0 Å². The molecule has 0 aliphatic rings. The second-order valence-electron chi connectivity index (χ2n) is 5.18. The predicted molar refractivity (Wildman–Crippen MR) is 92.7 cm³/mol. The van der Waals surface area contributed by atoms with Crippen LogP contribution in [0.15, 0.2) is 64.5 Å². The lowest BCUT2D eigenvalue weighted by atomic mass is 10.2. The van der Waals surface area contributed by atoms with Gasteiger partial charge in [0.15, 0.2) is 5.58 Å². The van der Waals surface area contributed by atoms with Crippen molar-refractivity contribution in [2.24, 2.45) is 0 Å². The van der Waals surface area contributed by atoms with Crippen molar-refractivity contribution in [1.29, 1.82) is 0 Å². The largest absolute Gasteiger partial charge is 0.435 e. The minimum Gasteiger partial charge on any atom is -0.435 e. The van der Waals surface area contributed by atoms with E-state index < -0.39 is 0 Å². The minimum atomic E-state index is -0.138. The maximum Gasteiger partial charge on any atom is 0.251 e. The number of fused-ring (bicyclic) bond motifs is 1. The zero-order chi connectivity index (χ0) is 16.4. The van der Waals surface area contributed by atoms with Crippen LogP contribution in [0.25, 0.3) is 22.7 Å². The van der Waals surface area contributed by atoms with Crippen molar-refractivity contribution < 1.29 is 9.21 Å². The van der Waals surface area contributed by atoms with Crippen LogP contribution in [0.2, 0.25) is 0 Å². The average Bonchev–Trinajstić information content (AvgIpc) is 3.29. The molecule has 0 fully saturated rings. The Bertz CT molecular complexity index is 978. The number of hydrogen-bond acceptors (Lipinski definition) is 5.